The monoisotopic (exact) mass is 603 g/mol. The Morgan fingerprint density at radius 3 is 2.43 bits per heavy atom. The highest BCUT2D eigenvalue weighted by Crippen LogP contribution is 2.69. The van der Waals surface area contributed by atoms with Gasteiger partial charge in [0.1, 0.15) is 12.2 Å². The number of aromatic nitrogens is 1. The minimum Gasteiger partial charge on any atom is -0.388 e. The van der Waals surface area contributed by atoms with E-state index in [9.17, 15) is 20.4 Å². The molecule has 6 aliphatic rings. The number of aliphatic hydroxyl groups is 4. The number of rotatable bonds is 1. The summed E-state index contributed by atoms with van der Waals surface area (Å²) < 4.78 is 12.8. The lowest BCUT2D eigenvalue weighted by Crippen LogP contribution is -2.68. The molecule has 8 rings (SSSR count). The molecule has 1 aromatic carbocycles. The fourth-order valence-corrected chi connectivity index (χ4v) is 11.2. The van der Waals surface area contributed by atoms with Gasteiger partial charge in [0, 0.05) is 33.3 Å². The highest BCUT2D eigenvalue weighted by atomic mass is 16.5. The molecule has 0 amide bonds. The van der Waals surface area contributed by atoms with Gasteiger partial charge in [-0.05, 0) is 132 Å². The second-order valence-corrected chi connectivity index (χ2v) is 17.0. The van der Waals surface area contributed by atoms with E-state index in [0.29, 0.717) is 12.3 Å². The number of nitrogens with one attached hydrogen (secondary N) is 1. The quantitative estimate of drug-likeness (QED) is 0.280. The zero-order chi connectivity index (χ0) is 31.6. The lowest BCUT2D eigenvalue weighted by atomic mass is 9.42. The van der Waals surface area contributed by atoms with Crippen LogP contribution in [0.15, 0.2) is 29.9 Å². The molecular formula is C37H49NO6. The predicted molar refractivity (Wildman–Crippen MR) is 169 cm³/mol. The summed E-state index contributed by atoms with van der Waals surface area (Å²) in [4.78, 5) is 3.90. The first kappa shape index (κ1) is 29.4. The molecule has 7 heteroatoms. The fraction of sp³-hybridized carbons (Fsp3) is 0.676. The molecule has 3 heterocycles. The van der Waals surface area contributed by atoms with E-state index in [0.717, 1.165) is 47.9 Å². The summed E-state index contributed by atoms with van der Waals surface area (Å²) in [5, 5.41) is 47.4. The first-order valence-electron chi connectivity index (χ1n) is 16.6. The van der Waals surface area contributed by atoms with Crippen LogP contribution in [-0.2, 0) is 21.3 Å². The Balaban J connectivity index is 1.25. The number of benzene rings is 1. The summed E-state index contributed by atoms with van der Waals surface area (Å²) >= 11 is 0. The Morgan fingerprint density at radius 1 is 1.00 bits per heavy atom. The van der Waals surface area contributed by atoms with Crippen LogP contribution in [0.25, 0.3) is 16.5 Å². The normalized spacial score (nSPS) is 43.3. The predicted octanol–water partition coefficient (Wildman–Crippen LogP) is 5.38. The third kappa shape index (κ3) is 3.44. The molecule has 2 aliphatic heterocycles. The van der Waals surface area contributed by atoms with E-state index in [1.807, 2.05) is 0 Å². The van der Waals surface area contributed by atoms with Crippen molar-refractivity contribution in [2.45, 2.75) is 140 Å². The Morgan fingerprint density at radius 2 is 1.73 bits per heavy atom. The molecule has 4 aliphatic carbocycles. The van der Waals surface area contributed by atoms with Crippen LogP contribution in [-0.4, -0.2) is 66.1 Å². The van der Waals surface area contributed by atoms with E-state index < -0.39 is 46.1 Å². The Labute approximate surface area is 260 Å². The largest absolute Gasteiger partial charge is 0.388 e. The molecule has 44 heavy (non-hydrogen) atoms. The average molecular weight is 604 g/mol. The number of H-pyrrole nitrogens is 1. The van der Waals surface area contributed by atoms with Gasteiger partial charge < -0.3 is 34.9 Å². The minimum atomic E-state index is -1.20. The summed E-state index contributed by atoms with van der Waals surface area (Å²) in [6.07, 6.45) is 5.23. The Hall–Kier alpha value is -2.00. The molecular weight excluding hydrogens is 554 g/mol. The van der Waals surface area contributed by atoms with E-state index in [-0.39, 0.29) is 17.4 Å². The summed E-state index contributed by atoms with van der Waals surface area (Å²) in [6, 6.07) is 4.47. The van der Waals surface area contributed by atoms with Gasteiger partial charge in [-0.1, -0.05) is 13.8 Å². The molecule has 2 saturated carbocycles. The van der Waals surface area contributed by atoms with Crippen LogP contribution < -0.4 is 0 Å². The van der Waals surface area contributed by atoms with E-state index in [1.165, 1.54) is 22.2 Å². The second kappa shape index (κ2) is 8.47. The minimum absolute atomic E-state index is 0.119. The summed E-state index contributed by atoms with van der Waals surface area (Å²) in [5.41, 5.74) is 3.55. The van der Waals surface area contributed by atoms with Crippen molar-refractivity contribution < 1.29 is 29.9 Å². The van der Waals surface area contributed by atoms with Crippen LogP contribution in [0.4, 0.5) is 0 Å². The third-order valence-corrected chi connectivity index (χ3v) is 13.2. The smallest absolute Gasteiger partial charge is 0.116 e. The van der Waals surface area contributed by atoms with Crippen LogP contribution in [0.3, 0.4) is 0 Å². The molecule has 0 unspecified atom stereocenters. The van der Waals surface area contributed by atoms with Gasteiger partial charge in [-0.15, -0.1) is 0 Å². The fourth-order valence-electron chi connectivity index (χ4n) is 11.2. The van der Waals surface area contributed by atoms with Gasteiger partial charge in [0.25, 0.3) is 0 Å². The van der Waals surface area contributed by atoms with Gasteiger partial charge in [-0.3, -0.25) is 0 Å². The molecule has 1 aromatic heterocycles. The van der Waals surface area contributed by atoms with Gasteiger partial charge >= 0.3 is 0 Å². The highest BCUT2D eigenvalue weighted by Gasteiger charge is 2.70. The van der Waals surface area contributed by atoms with Crippen molar-refractivity contribution >= 4 is 16.5 Å². The molecule has 0 saturated heterocycles. The van der Waals surface area contributed by atoms with Crippen molar-refractivity contribution in [3.8, 4) is 0 Å². The van der Waals surface area contributed by atoms with Crippen LogP contribution in [0.1, 0.15) is 110 Å². The van der Waals surface area contributed by atoms with Crippen molar-refractivity contribution in [2.75, 3.05) is 0 Å². The molecule has 5 N–H and O–H groups in total. The third-order valence-electron chi connectivity index (χ3n) is 13.2. The average Bonchev–Trinajstić information content (AvgIpc) is 3.50. The first-order chi connectivity index (χ1) is 20.3. The number of ether oxygens (including phenoxy) is 2. The van der Waals surface area contributed by atoms with Crippen molar-refractivity contribution in [3.05, 3.63) is 52.2 Å². The molecule has 7 nitrogen and oxygen atoms in total. The maximum absolute atomic E-state index is 12.8. The zero-order valence-corrected chi connectivity index (χ0v) is 27.4. The van der Waals surface area contributed by atoms with Gasteiger partial charge in [-0.25, -0.2) is 0 Å². The number of aromatic amines is 1. The SMILES string of the molecule is CC1(C)C=C2c3cc4[nH]c5c(c4cc3[C@H](O)[C@H]2C(C)(C)O1)C[C@@H]1CC[C@@]2(O)C3=C[C@@H](O)[C@@H](C(C)(C)O)O[C@H]3CC[C@]2(C)[C@@]51C. The van der Waals surface area contributed by atoms with Crippen molar-refractivity contribution in [3.63, 3.8) is 0 Å². The summed E-state index contributed by atoms with van der Waals surface area (Å²) in [6.45, 7) is 16.3. The van der Waals surface area contributed by atoms with Crippen LogP contribution in [0.2, 0.25) is 0 Å². The van der Waals surface area contributed by atoms with E-state index in [1.54, 1.807) is 19.9 Å². The Kier molecular flexibility index (Phi) is 5.66. The van der Waals surface area contributed by atoms with Crippen LogP contribution in [0, 0.1) is 17.3 Å². The maximum atomic E-state index is 12.8. The molecule has 2 aromatic rings. The van der Waals surface area contributed by atoms with Crippen molar-refractivity contribution in [1.29, 1.82) is 0 Å². The second-order valence-electron chi connectivity index (χ2n) is 17.0. The molecule has 0 radical (unpaired) electrons. The van der Waals surface area contributed by atoms with Gasteiger partial charge in [0.2, 0.25) is 0 Å². The summed E-state index contributed by atoms with van der Waals surface area (Å²) in [5.74, 6) is 0.248. The molecule has 2 fully saturated rings. The van der Waals surface area contributed by atoms with E-state index in [2.05, 4.69) is 64.7 Å². The number of aliphatic hydroxyl groups excluding tert-OH is 2. The van der Waals surface area contributed by atoms with Gasteiger partial charge in [0.05, 0.1) is 34.6 Å². The topological polar surface area (TPSA) is 115 Å². The lowest BCUT2D eigenvalue weighted by Gasteiger charge is -2.65. The molecule has 0 bridgehead atoms. The van der Waals surface area contributed by atoms with Gasteiger partial charge in [-0.2, -0.15) is 0 Å². The van der Waals surface area contributed by atoms with E-state index >= 15 is 0 Å². The highest BCUT2D eigenvalue weighted by molar-refractivity contribution is 5.93. The van der Waals surface area contributed by atoms with Crippen LogP contribution in [0.5, 0.6) is 0 Å². The molecule has 9 atom stereocenters. The molecule has 238 valence electrons. The standard InChI is InChI=1S/C37H49NO6/c1-32(2)17-23-19-15-25-20(14-21(19)29(40)28(23)34(5,6)44-32)22-13-18-9-12-37(42)24-16-26(39)31(33(3,4)41)43-27(24)10-11-35(37,7)36(18,8)30(22)38-25/h14-18,26-29,31,38-42H,9-13H2,1-8H3/t18-,26+,27-,28-,29-,31-,35+,36+,37+/m0/s1. The summed E-state index contributed by atoms with van der Waals surface area (Å²) in [7, 11) is 0. The van der Waals surface area contributed by atoms with Crippen molar-refractivity contribution in [2.24, 2.45) is 17.3 Å². The lowest BCUT2D eigenvalue weighted by molar-refractivity contribution is -0.209. The van der Waals surface area contributed by atoms with E-state index in [4.69, 9.17) is 9.47 Å². The van der Waals surface area contributed by atoms with Crippen molar-refractivity contribution in [1.82, 2.24) is 4.98 Å². The maximum Gasteiger partial charge on any atom is 0.116 e. The number of fused-ring (bicyclic) bond motifs is 12. The Bertz CT molecular complexity index is 1660. The number of hydrogen-bond acceptors (Lipinski definition) is 6. The first-order valence-corrected chi connectivity index (χ1v) is 16.6. The van der Waals surface area contributed by atoms with Gasteiger partial charge in [0.15, 0.2) is 0 Å². The zero-order valence-electron chi connectivity index (χ0n) is 27.4. The van der Waals surface area contributed by atoms with Crippen LogP contribution >= 0.6 is 0 Å². The molecule has 0 spiro atoms. The number of hydrogen-bond donors (Lipinski definition) is 5.